The summed E-state index contributed by atoms with van der Waals surface area (Å²) < 4.78 is 0. The van der Waals surface area contributed by atoms with Gasteiger partial charge in [-0.3, -0.25) is 0 Å². The number of allylic oxidation sites excluding steroid dienone is 6. The maximum absolute atomic E-state index is 3.92. The molecular formula is C66H108. The van der Waals surface area contributed by atoms with E-state index in [1.165, 1.54) is 128 Å². The van der Waals surface area contributed by atoms with Crippen molar-refractivity contribution in [2.75, 3.05) is 0 Å². The normalized spacial score (nSPS) is 51.0. The van der Waals surface area contributed by atoms with Gasteiger partial charge >= 0.3 is 0 Å². The van der Waals surface area contributed by atoms with E-state index in [2.05, 4.69) is 91.2 Å². The Hall–Kier alpha value is -1.04. The van der Waals surface area contributed by atoms with Crippen molar-refractivity contribution in [2.24, 2.45) is 116 Å². The van der Waals surface area contributed by atoms with E-state index in [4.69, 9.17) is 0 Å². The third kappa shape index (κ3) is 11.5. The summed E-state index contributed by atoms with van der Waals surface area (Å²) in [6, 6.07) is 0. The highest BCUT2D eigenvalue weighted by Crippen LogP contribution is 2.67. The quantitative estimate of drug-likeness (QED) is 0.213. The van der Waals surface area contributed by atoms with E-state index in [-0.39, 0.29) is 0 Å². The van der Waals surface area contributed by atoms with Gasteiger partial charge in [-0.2, -0.15) is 0 Å². The molecule has 12 rings (SSSR count). The molecule has 0 radical (unpaired) electrons. The van der Waals surface area contributed by atoms with Gasteiger partial charge in [0.15, 0.2) is 0 Å². The average molecular weight is 902 g/mol. The molecule has 0 N–H and O–H groups in total. The Morgan fingerprint density at radius 2 is 0.470 bits per heavy atom. The molecule has 0 aromatic rings. The molecule has 0 aromatic carbocycles. The van der Waals surface area contributed by atoms with Gasteiger partial charge in [-0.05, 0) is 284 Å². The first-order valence-corrected chi connectivity index (χ1v) is 30.3. The summed E-state index contributed by atoms with van der Waals surface area (Å²) >= 11 is 0. The SMILES string of the molecule is C/C=C/C1CC2(C1)CC(C1CCC(C)CC1)C2.C/C=C/C1CC2(C1)CC(C1CCC(C)CC1)C2.C=CC1CC2(C1)CC(C1CCC(C)CC1)C2.C=CC1CC2(C1)CC(C1CCC(C)CC1)C2. The van der Waals surface area contributed by atoms with Crippen LogP contribution in [0.4, 0.5) is 0 Å². The second kappa shape index (κ2) is 21.4. The molecule has 0 heterocycles. The van der Waals surface area contributed by atoms with E-state index >= 15 is 0 Å². The molecule has 0 aromatic heterocycles. The summed E-state index contributed by atoms with van der Waals surface area (Å²) in [5, 5.41) is 0. The first-order valence-electron chi connectivity index (χ1n) is 30.3. The summed E-state index contributed by atoms with van der Waals surface area (Å²) in [5.74, 6) is 16.5. The average Bonchev–Trinajstić information content (AvgIpc) is 3.20. The zero-order valence-corrected chi connectivity index (χ0v) is 44.7. The minimum absolute atomic E-state index is 0.812. The number of rotatable bonds is 8. The second-order valence-corrected chi connectivity index (χ2v) is 28.9. The lowest BCUT2D eigenvalue weighted by Crippen LogP contribution is -2.49. The van der Waals surface area contributed by atoms with E-state index in [9.17, 15) is 0 Å². The fraction of sp³-hybridized carbons (Fsp3) is 0.879. The van der Waals surface area contributed by atoms with Gasteiger partial charge in [0.05, 0.1) is 0 Å². The molecule has 0 heteroatoms. The van der Waals surface area contributed by atoms with Gasteiger partial charge in [-0.1, -0.05) is 116 Å². The van der Waals surface area contributed by atoms with Crippen LogP contribution < -0.4 is 0 Å². The summed E-state index contributed by atoms with van der Waals surface area (Å²) in [4.78, 5) is 0. The van der Waals surface area contributed by atoms with Crippen molar-refractivity contribution < 1.29 is 0 Å². The topological polar surface area (TPSA) is 0 Å². The van der Waals surface area contributed by atoms with Crippen molar-refractivity contribution >= 4 is 0 Å². The van der Waals surface area contributed by atoms with Crippen molar-refractivity contribution in [3.05, 3.63) is 49.6 Å². The summed E-state index contributed by atoms with van der Waals surface area (Å²) in [6.45, 7) is 21.9. The van der Waals surface area contributed by atoms with Crippen molar-refractivity contribution in [1.29, 1.82) is 0 Å². The van der Waals surface area contributed by atoms with Gasteiger partial charge in [0.1, 0.15) is 0 Å². The van der Waals surface area contributed by atoms with Crippen molar-refractivity contribution in [3.8, 4) is 0 Å². The largest absolute Gasteiger partial charge is 0.103 e. The van der Waals surface area contributed by atoms with Gasteiger partial charge in [0, 0.05) is 0 Å². The number of hydrogen-bond acceptors (Lipinski definition) is 0. The first-order chi connectivity index (χ1) is 31.8. The van der Waals surface area contributed by atoms with Crippen LogP contribution in [-0.4, -0.2) is 0 Å². The Morgan fingerprint density at radius 3 is 0.652 bits per heavy atom. The van der Waals surface area contributed by atoms with E-state index in [1.807, 2.05) is 0 Å². The highest BCUT2D eigenvalue weighted by Gasteiger charge is 2.56. The molecule has 0 amide bonds. The monoisotopic (exact) mass is 901 g/mol. The van der Waals surface area contributed by atoms with Gasteiger partial charge in [-0.25, -0.2) is 0 Å². The zero-order chi connectivity index (χ0) is 46.1. The molecule has 0 nitrogen and oxygen atoms in total. The summed E-state index contributed by atoms with van der Waals surface area (Å²) in [5.41, 5.74) is 3.29. The smallest absolute Gasteiger partial charge is 0.0223 e. The molecular weight excluding hydrogens is 793 g/mol. The van der Waals surface area contributed by atoms with Gasteiger partial charge in [0.2, 0.25) is 0 Å². The lowest BCUT2D eigenvalue weighted by Gasteiger charge is -2.60. The van der Waals surface area contributed by atoms with Crippen LogP contribution in [0.25, 0.3) is 0 Å². The molecule has 0 unspecified atom stereocenters. The molecule has 12 aliphatic carbocycles. The molecule has 0 aliphatic heterocycles. The van der Waals surface area contributed by atoms with Crippen LogP contribution >= 0.6 is 0 Å². The second-order valence-electron chi connectivity index (χ2n) is 28.9. The van der Waals surface area contributed by atoms with Crippen LogP contribution in [0.15, 0.2) is 49.6 Å². The minimum atomic E-state index is 0.812. The fourth-order valence-corrected chi connectivity index (χ4v) is 19.3. The van der Waals surface area contributed by atoms with Crippen molar-refractivity contribution in [1.82, 2.24) is 0 Å². The Bertz CT molecular complexity index is 1430. The predicted octanol–water partition coefficient (Wildman–Crippen LogP) is 20.0. The maximum Gasteiger partial charge on any atom is -0.0223 e. The highest BCUT2D eigenvalue weighted by atomic mass is 14.6. The Balaban J connectivity index is 0.000000111. The molecule has 0 bridgehead atoms. The molecule has 12 saturated carbocycles. The van der Waals surface area contributed by atoms with Crippen LogP contribution in [0.2, 0.25) is 0 Å². The Morgan fingerprint density at radius 1 is 0.273 bits per heavy atom. The molecule has 12 fully saturated rings. The summed E-state index contributed by atoms with van der Waals surface area (Å²) in [6.07, 6.45) is 62.6. The Labute approximate surface area is 411 Å². The number of hydrogen-bond donors (Lipinski definition) is 0. The standard InChI is InChI=1S/2C17H28.2C16H26/c2*1-3-4-14-9-17(10-14)11-16(12-17)15-7-5-13(2)6-8-15;2*1-3-13-8-16(9-13)10-15(11-16)14-6-4-12(2)5-7-14/h2*3-4,13-16H,5-12H2,1-2H3;2*3,12-15H,1,4-11H2,2H3/b2*4-3+;;. The minimum Gasteiger partial charge on any atom is -0.103 e. The van der Waals surface area contributed by atoms with Gasteiger partial charge < -0.3 is 0 Å². The van der Waals surface area contributed by atoms with Crippen LogP contribution in [-0.2, 0) is 0 Å². The predicted molar refractivity (Wildman–Crippen MR) is 286 cm³/mol. The molecule has 4 spiro atoms. The van der Waals surface area contributed by atoms with E-state index in [0.29, 0.717) is 0 Å². The molecule has 12 aliphatic rings. The van der Waals surface area contributed by atoms with Gasteiger partial charge in [0.25, 0.3) is 0 Å². The van der Waals surface area contributed by atoms with Crippen molar-refractivity contribution in [2.45, 2.75) is 247 Å². The van der Waals surface area contributed by atoms with E-state index in [0.717, 1.165) is 116 Å². The van der Waals surface area contributed by atoms with E-state index < -0.39 is 0 Å². The van der Waals surface area contributed by atoms with E-state index in [1.54, 1.807) is 77.0 Å². The van der Waals surface area contributed by atoms with Crippen molar-refractivity contribution in [3.63, 3.8) is 0 Å². The lowest BCUT2D eigenvalue weighted by atomic mass is 9.45. The first kappa shape index (κ1) is 49.9. The lowest BCUT2D eigenvalue weighted by molar-refractivity contribution is -0.0808. The molecule has 0 saturated heterocycles. The van der Waals surface area contributed by atoms with Crippen LogP contribution in [0.5, 0.6) is 0 Å². The maximum atomic E-state index is 3.92. The molecule has 0 atom stereocenters. The zero-order valence-electron chi connectivity index (χ0n) is 44.7. The third-order valence-electron chi connectivity index (χ3n) is 23.6. The van der Waals surface area contributed by atoms with Crippen LogP contribution in [0, 0.1) is 116 Å². The van der Waals surface area contributed by atoms with Crippen LogP contribution in [0.3, 0.4) is 0 Å². The summed E-state index contributed by atoms with van der Waals surface area (Å²) in [7, 11) is 0. The third-order valence-corrected chi connectivity index (χ3v) is 23.6. The molecule has 372 valence electrons. The van der Waals surface area contributed by atoms with Gasteiger partial charge in [-0.15, -0.1) is 13.2 Å². The fourth-order valence-electron chi connectivity index (χ4n) is 19.3. The Kier molecular flexibility index (Phi) is 16.2. The molecule has 66 heavy (non-hydrogen) atoms. The highest BCUT2D eigenvalue weighted by molar-refractivity contribution is 5.12. The van der Waals surface area contributed by atoms with Crippen LogP contribution in [0.1, 0.15) is 247 Å².